The van der Waals surface area contributed by atoms with Crippen molar-refractivity contribution in [2.75, 3.05) is 6.61 Å². The maximum absolute atomic E-state index is 11.0. The molecule has 3 atom stereocenters. The third-order valence-electron chi connectivity index (χ3n) is 7.31. The van der Waals surface area contributed by atoms with Crippen LogP contribution in [0.15, 0.2) is 72.8 Å². The predicted octanol–water partition coefficient (Wildman–Crippen LogP) is 6.26. The molecule has 0 aliphatic heterocycles. The summed E-state index contributed by atoms with van der Waals surface area (Å²) in [6, 6.07) is 21.3. The molecule has 0 heterocycles. The predicted molar refractivity (Wildman–Crippen MR) is 125 cm³/mol. The van der Waals surface area contributed by atoms with Crippen LogP contribution in [0.4, 0.5) is 0 Å². The lowest BCUT2D eigenvalue weighted by atomic mass is 9.66. The third-order valence-corrected chi connectivity index (χ3v) is 7.31. The molecule has 158 valence electrons. The van der Waals surface area contributed by atoms with Gasteiger partial charge in [-0.15, -0.1) is 0 Å². The molecule has 2 N–H and O–H groups in total. The maximum Gasteiger partial charge on any atom is 0.0583 e. The Morgan fingerprint density at radius 1 is 0.933 bits per heavy atom. The molecule has 0 aromatic heterocycles. The molecular weight excluding hydrogens is 368 g/mol. The molecule has 0 spiro atoms. The molecule has 0 saturated heterocycles. The van der Waals surface area contributed by atoms with E-state index in [9.17, 15) is 5.11 Å². The van der Waals surface area contributed by atoms with E-state index in [1.54, 1.807) is 0 Å². The van der Waals surface area contributed by atoms with Gasteiger partial charge in [0.15, 0.2) is 0 Å². The summed E-state index contributed by atoms with van der Waals surface area (Å²) >= 11 is 0. The quantitative estimate of drug-likeness (QED) is 0.486. The van der Waals surface area contributed by atoms with Crippen LogP contribution in [0.3, 0.4) is 0 Å². The number of unbranched alkanes of at least 4 members (excludes halogenated alkanes) is 3. The molecule has 2 nitrogen and oxygen atoms in total. The summed E-state index contributed by atoms with van der Waals surface area (Å²) in [5.74, 6) is 0.216. The highest BCUT2D eigenvalue weighted by atomic mass is 16.3. The second-order valence-corrected chi connectivity index (χ2v) is 8.96. The van der Waals surface area contributed by atoms with E-state index in [1.165, 1.54) is 27.8 Å². The summed E-state index contributed by atoms with van der Waals surface area (Å²) in [5.41, 5.74) is 6.40. The van der Waals surface area contributed by atoms with Gasteiger partial charge in [-0.2, -0.15) is 0 Å². The summed E-state index contributed by atoms with van der Waals surface area (Å²) in [7, 11) is 0. The Bertz CT molecular complexity index is 883. The second kappa shape index (κ2) is 9.32. The van der Waals surface area contributed by atoms with Crippen LogP contribution in [0.2, 0.25) is 0 Å². The molecule has 0 amide bonds. The van der Waals surface area contributed by atoms with E-state index < -0.39 is 0 Å². The number of allylic oxidation sites excluding steroid dienone is 3. The van der Waals surface area contributed by atoms with Crippen LogP contribution < -0.4 is 0 Å². The first-order valence-electron chi connectivity index (χ1n) is 11.5. The van der Waals surface area contributed by atoms with Gasteiger partial charge < -0.3 is 10.2 Å². The average Bonchev–Trinajstić information content (AvgIpc) is 3.29. The summed E-state index contributed by atoms with van der Waals surface area (Å²) in [6.07, 6.45) is 7.84. The standard InChI is InChI=1S/C28H34O2/c1-21(22-12-7-4-8-13-22)28-18-17-26(30)25(28)20-24(16-6-2-3-11-19-29)27(28)23-14-9-5-10-15-23/h4-5,7-10,12-15,25-26,29-30H,1-3,6,11,16-20H2. The van der Waals surface area contributed by atoms with Crippen molar-refractivity contribution in [2.45, 2.75) is 57.5 Å². The van der Waals surface area contributed by atoms with Gasteiger partial charge in [0.2, 0.25) is 0 Å². The van der Waals surface area contributed by atoms with Crippen LogP contribution in [-0.2, 0) is 0 Å². The maximum atomic E-state index is 11.0. The molecule has 3 unspecified atom stereocenters. The van der Waals surface area contributed by atoms with Gasteiger partial charge in [0.05, 0.1) is 6.10 Å². The Labute approximate surface area is 181 Å². The van der Waals surface area contributed by atoms with E-state index in [-0.39, 0.29) is 24.0 Å². The van der Waals surface area contributed by atoms with Gasteiger partial charge in [0, 0.05) is 17.9 Å². The molecule has 2 aliphatic rings. The molecule has 2 heteroatoms. The highest BCUT2D eigenvalue weighted by molar-refractivity contribution is 5.90. The van der Waals surface area contributed by atoms with Gasteiger partial charge in [-0.1, -0.05) is 85.7 Å². The normalized spacial score (nSPS) is 25.5. The fourth-order valence-corrected chi connectivity index (χ4v) is 5.91. The molecule has 0 radical (unpaired) electrons. The van der Waals surface area contributed by atoms with Crippen LogP contribution in [0.25, 0.3) is 11.1 Å². The van der Waals surface area contributed by atoms with Gasteiger partial charge in [0.25, 0.3) is 0 Å². The van der Waals surface area contributed by atoms with E-state index in [2.05, 4.69) is 67.2 Å². The molecule has 1 fully saturated rings. The van der Waals surface area contributed by atoms with Crippen LogP contribution >= 0.6 is 0 Å². The molecule has 2 aliphatic carbocycles. The van der Waals surface area contributed by atoms with Crippen LogP contribution in [0.1, 0.15) is 62.5 Å². The number of aliphatic hydroxyl groups excluding tert-OH is 2. The number of rotatable bonds is 9. The van der Waals surface area contributed by atoms with Crippen LogP contribution in [0, 0.1) is 11.3 Å². The van der Waals surface area contributed by atoms with Gasteiger partial charge in [-0.3, -0.25) is 0 Å². The SMILES string of the molecule is C=C(c1ccccc1)C12CCC(O)C1CC(CCCCCCO)=C2c1ccccc1. The van der Waals surface area contributed by atoms with Gasteiger partial charge in [-0.05, 0) is 60.8 Å². The number of aliphatic hydroxyl groups is 2. The first kappa shape index (κ1) is 21.1. The van der Waals surface area contributed by atoms with Crippen LogP contribution in [-0.4, -0.2) is 22.9 Å². The first-order chi connectivity index (χ1) is 14.7. The van der Waals surface area contributed by atoms with Crippen molar-refractivity contribution in [3.05, 3.63) is 83.9 Å². The first-order valence-corrected chi connectivity index (χ1v) is 11.5. The Morgan fingerprint density at radius 2 is 1.60 bits per heavy atom. The second-order valence-electron chi connectivity index (χ2n) is 8.96. The fourth-order valence-electron chi connectivity index (χ4n) is 5.91. The van der Waals surface area contributed by atoms with E-state index in [1.807, 2.05) is 0 Å². The van der Waals surface area contributed by atoms with Crippen LogP contribution in [0.5, 0.6) is 0 Å². The topological polar surface area (TPSA) is 40.5 Å². The van der Waals surface area contributed by atoms with Crippen molar-refractivity contribution in [1.29, 1.82) is 0 Å². The monoisotopic (exact) mass is 402 g/mol. The number of benzene rings is 2. The van der Waals surface area contributed by atoms with Gasteiger partial charge in [0.1, 0.15) is 0 Å². The lowest BCUT2D eigenvalue weighted by molar-refractivity contribution is 0.120. The zero-order valence-corrected chi connectivity index (χ0v) is 17.9. The zero-order valence-electron chi connectivity index (χ0n) is 17.9. The van der Waals surface area contributed by atoms with Crippen molar-refractivity contribution < 1.29 is 10.2 Å². The molecule has 0 bridgehead atoms. The highest BCUT2D eigenvalue weighted by Crippen LogP contribution is 2.66. The van der Waals surface area contributed by atoms with E-state index in [4.69, 9.17) is 5.11 Å². The minimum Gasteiger partial charge on any atom is -0.396 e. The molecule has 1 saturated carbocycles. The average molecular weight is 403 g/mol. The Balaban J connectivity index is 1.75. The van der Waals surface area contributed by atoms with Gasteiger partial charge in [-0.25, -0.2) is 0 Å². The summed E-state index contributed by atoms with van der Waals surface area (Å²) < 4.78 is 0. The molecule has 2 aromatic carbocycles. The minimum atomic E-state index is -0.268. The van der Waals surface area contributed by atoms with Crippen molar-refractivity contribution >= 4 is 11.1 Å². The minimum absolute atomic E-state index is 0.178. The van der Waals surface area contributed by atoms with Crippen molar-refractivity contribution in [2.24, 2.45) is 11.3 Å². The molecule has 30 heavy (non-hydrogen) atoms. The van der Waals surface area contributed by atoms with Crippen molar-refractivity contribution in [3.8, 4) is 0 Å². The summed E-state index contributed by atoms with van der Waals surface area (Å²) in [5, 5.41) is 20.1. The fraction of sp³-hybridized carbons (Fsp3) is 0.429. The Hall–Kier alpha value is -2.16. The number of fused-ring (bicyclic) bond motifs is 1. The Morgan fingerprint density at radius 3 is 2.30 bits per heavy atom. The molecular formula is C28H34O2. The zero-order chi connectivity index (χ0) is 21.0. The van der Waals surface area contributed by atoms with Gasteiger partial charge >= 0.3 is 0 Å². The van der Waals surface area contributed by atoms with E-state index in [0.717, 1.165) is 51.4 Å². The lowest BCUT2D eigenvalue weighted by Crippen LogP contribution is -2.29. The smallest absolute Gasteiger partial charge is 0.0583 e. The van der Waals surface area contributed by atoms with E-state index in [0.29, 0.717) is 0 Å². The highest BCUT2D eigenvalue weighted by Gasteiger charge is 2.56. The third kappa shape index (κ3) is 3.79. The van der Waals surface area contributed by atoms with Crippen molar-refractivity contribution in [1.82, 2.24) is 0 Å². The lowest BCUT2D eigenvalue weighted by Gasteiger charge is -2.37. The van der Waals surface area contributed by atoms with E-state index >= 15 is 0 Å². The number of hydrogen-bond donors (Lipinski definition) is 2. The number of hydrogen-bond acceptors (Lipinski definition) is 2. The largest absolute Gasteiger partial charge is 0.396 e. The Kier molecular flexibility index (Phi) is 6.55. The molecule has 2 aromatic rings. The summed E-state index contributed by atoms with van der Waals surface area (Å²) in [4.78, 5) is 0. The summed E-state index contributed by atoms with van der Waals surface area (Å²) in [6.45, 7) is 4.92. The van der Waals surface area contributed by atoms with Crippen molar-refractivity contribution in [3.63, 3.8) is 0 Å². The molecule has 4 rings (SSSR count).